The summed E-state index contributed by atoms with van der Waals surface area (Å²) in [7, 11) is 1.35. The number of methoxy groups -OCH3 is 1. The van der Waals surface area contributed by atoms with Gasteiger partial charge < -0.3 is 14.9 Å². The van der Waals surface area contributed by atoms with Gasteiger partial charge >= 0.3 is 5.97 Å². The van der Waals surface area contributed by atoms with Crippen molar-refractivity contribution >= 4 is 11.8 Å². The Balaban J connectivity index is 3.09. The molecule has 0 heterocycles. The van der Waals surface area contributed by atoms with Gasteiger partial charge in [-0.15, -0.1) is 0 Å². The van der Waals surface area contributed by atoms with Gasteiger partial charge in [-0.2, -0.15) is 0 Å². The third-order valence-corrected chi connectivity index (χ3v) is 1.64. The standard InChI is InChI=1S/C9H8O5/c1-14-7-3-2-5(4-6(7)10)8(11)9(12)13/h2-4,10H,1H3,(H,12,13). The maximum absolute atomic E-state index is 10.9. The predicted octanol–water partition coefficient (Wildman–Crippen LogP) is 0.668. The van der Waals surface area contributed by atoms with E-state index < -0.39 is 11.8 Å². The van der Waals surface area contributed by atoms with Crippen LogP contribution in [0.4, 0.5) is 0 Å². The number of carboxylic acids is 1. The van der Waals surface area contributed by atoms with Crippen molar-refractivity contribution in [3.8, 4) is 11.5 Å². The third-order valence-electron chi connectivity index (χ3n) is 1.64. The highest BCUT2D eigenvalue weighted by atomic mass is 16.5. The quantitative estimate of drug-likeness (QED) is 0.548. The minimum Gasteiger partial charge on any atom is -0.504 e. The molecule has 0 aromatic heterocycles. The number of carbonyl (C=O) groups excluding carboxylic acids is 1. The Kier molecular flexibility index (Phi) is 2.71. The van der Waals surface area contributed by atoms with E-state index in [1.165, 1.54) is 19.2 Å². The van der Waals surface area contributed by atoms with E-state index in [4.69, 9.17) is 9.84 Å². The number of ketones is 1. The van der Waals surface area contributed by atoms with Gasteiger partial charge in [0.15, 0.2) is 11.5 Å². The zero-order chi connectivity index (χ0) is 10.7. The van der Waals surface area contributed by atoms with Gasteiger partial charge in [-0.1, -0.05) is 0 Å². The number of aliphatic carboxylic acids is 1. The second-order valence-corrected chi connectivity index (χ2v) is 2.52. The maximum Gasteiger partial charge on any atom is 0.377 e. The minimum absolute atomic E-state index is 0.0872. The average molecular weight is 196 g/mol. The number of benzene rings is 1. The molecule has 0 saturated heterocycles. The second kappa shape index (κ2) is 3.78. The molecule has 0 spiro atoms. The van der Waals surface area contributed by atoms with Crippen LogP contribution in [0.25, 0.3) is 0 Å². The van der Waals surface area contributed by atoms with Crippen molar-refractivity contribution in [2.75, 3.05) is 7.11 Å². The maximum atomic E-state index is 10.9. The molecule has 0 amide bonds. The van der Waals surface area contributed by atoms with Crippen LogP contribution < -0.4 is 4.74 Å². The van der Waals surface area contributed by atoms with E-state index in [0.717, 1.165) is 6.07 Å². The number of carbonyl (C=O) groups is 2. The summed E-state index contributed by atoms with van der Waals surface area (Å²) in [5.74, 6) is -2.70. The fourth-order valence-corrected chi connectivity index (χ4v) is 0.955. The summed E-state index contributed by atoms with van der Waals surface area (Å²) in [6.45, 7) is 0. The number of phenols is 1. The molecule has 2 N–H and O–H groups in total. The Morgan fingerprint density at radius 1 is 1.36 bits per heavy atom. The molecule has 0 radical (unpaired) electrons. The van der Waals surface area contributed by atoms with Gasteiger partial charge in [0.2, 0.25) is 0 Å². The topological polar surface area (TPSA) is 83.8 Å². The molecular weight excluding hydrogens is 188 g/mol. The summed E-state index contributed by atoms with van der Waals surface area (Å²) >= 11 is 0. The molecule has 0 atom stereocenters. The molecule has 0 saturated carbocycles. The van der Waals surface area contributed by atoms with Gasteiger partial charge in [-0.25, -0.2) is 4.79 Å². The molecular formula is C9H8O5. The molecule has 0 aliphatic carbocycles. The number of ether oxygens (including phenoxy) is 1. The molecule has 1 rings (SSSR count). The Hall–Kier alpha value is -2.04. The molecule has 74 valence electrons. The van der Waals surface area contributed by atoms with Crippen LogP contribution in [-0.2, 0) is 4.79 Å². The lowest BCUT2D eigenvalue weighted by Crippen LogP contribution is -2.12. The molecule has 14 heavy (non-hydrogen) atoms. The first-order chi connectivity index (χ1) is 6.56. The van der Waals surface area contributed by atoms with Gasteiger partial charge in [-0.3, -0.25) is 4.79 Å². The first-order valence-corrected chi connectivity index (χ1v) is 3.71. The summed E-state index contributed by atoms with van der Waals surface area (Å²) in [5, 5.41) is 17.6. The highest BCUT2D eigenvalue weighted by Gasteiger charge is 2.15. The summed E-state index contributed by atoms with van der Waals surface area (Å²) in [6, 6.07) is 3.65. The van der Waals surface area contributed by atoms with Crippen LogP contribution in [-0.4, -0.2) is 29.1 Å². The van der Waals surface area contributed by atoms with E-state index in [2.05, 4.69) is 0 Å². The average Bonchev–Trinajstić information content (AvgIpc) is 2.16. The predicted molar refractivity (Wildman–Crippen MR) is 46.6 cm³/mol. The van der Waals surface area contributed by atoms with Crippen LogP contribution in [0.1, 0.15) is 10.4 Å². The fraction of sp³-hybridized carbons (Fsp3) is 0.111. The SMILES string of the molecule is COc1ccc(C(=O)C(=O)O)cc1O. The Morgan fingerprint density at radius 2 is 2.00 bits per heavy atom. The van der Waals surface area contributed by atoms with Crippen LogP contribution in [0.5, 0.6) is 11.5 Å². The van der Waals surface area contributed by atoms with Crippen LogP contribution in [0, 0.1) is 0 Å². The lowest BCUT2D eigenvalue weighted by molar-refractivity contribution is -0.131. The summed E-state index contributed by atoms with van der Waals surface area (Å²) < 4.78 is 4.73. The molecule has 5 heteroatoms. The number of carboxylic acid groups (broad SMARTS) is 1. The first-order valence-electron chi connectivity index (χ1n) is 3.71. The van der Waals surface area contributed by atoms with Crippen molar-refractivity contribution < 1.29 is 24.5 Å². The summed E-state index contributed by atoms with van der Waals surface area (Å²) in [5.41, 5.74) is -0.0872. The molecule has 1 aromatic rings. The van der Waals surface area contributed by atoms with E-state index in [0.29, 0.717) is 0 Å². The highest BCUT2D eigenvalue weighted by Crippen LogP contribution is 2.26. The fourth-order valence-electron chi connectivity index (χ4n) is 0.955. The van der Waals surface area contributed by atoms with Crippen molar-refractivity contribution in [3.63, 3.8) is 0 Å². The lowest BCUT2D eigenvalue weighted by Gasteiger charge is -2.03. The zero-order valence-electron chi connectivity index (χ0n) is 7.35. The zero-order valence-corrected chi connectivity index (χ0v) is 7.35. The van der Waals surface area contributed by atoms with E-state index in [1.54, 1.807) is 0 Å². The van der Waals surface area contributed by atoms with E-state index >= 15 is 0 Å². The Morgan fingerprint density at radius 3 is 2.43 bits per heavy atom. The number of Topliss-reactive ketones (excluding diaryl/α,β-unsaturated/α-hetero) is 1. The Labute approximate surface area is 79.6 Å². The van der Waals surface area contributed by atoms with Crippen LogP contribution in [0.15, 0.2) is 18.2 Å². The smallest absolute Gasteiger partial charge is 0.377 e. The molecule has 5 nitrogen and oxygen atoms in total. The van der Waals surface area contributed by atoms with Crippen molar-refractivity contribution in [3.05, 3.63) is 23.8 Å². The number of aromatic hydroxyl groups is 1. The normalized spacial score (nSPS) is 9.50. The van der Waals surface area contributed by atoms with Gasteiger partial charge in [0.1, 0.15) is 0 Å². The molecule has 0 aliphatic heterocycles. The van der Waals surface area contributed by atoms with E-state index in [-0.39, 0.29) is 17.1 Å². The molecule has 0 unspecified atom stereocenters. The van der Waals surface area contributed by atoms with Crippen molar-refractivity contribution in [1.82, 2.24) is 0 Å². The first kappa shape index (κ1) is 10.0. The van der Waals surface area contributed by atoms with Crippen molar-refractivity contribution in [2.45, 2.75) is 0 Å². The summed E-state index contributed by atoms with van der Waals surface area (Å²) in [6.07, 6.45) is 0. The third kappa shape index (κ3) is 1.82. The van der Waals surface area contributed by atoms with Crippen LogP contribution >= 0.6 is 0 Å². The summed E-state index contributed by atoms with van der Waals surface area (Å²) in [4.78, 5) is 21.2. The molecule has 0 fully saturated rings. The molecule has 0 bridgehead atoms. The lowest BCUT2D eigenvalue weighted by atomic mass is 10.1. The van der Waals surface area contributed by atoms with Gasteiger partial charge in [-0.05, 0) is 18.2 Å². The number of rotatable bonds is 3. The highest BCUT2D eigenvalue weighted by molar-refractivity contribution is 6.39. The van der Waals surface area contributed by atoms with Crippen molar-refractivity contribution in [2.24, 2.45) is 0 Å². The van der Waals surface area contributed by atoms with Gasteiger partial charge in [0.25, 0.3) is 5.78 Å². The Bertz CT molecular complexity index is 383. The number of hydrogen-bond acceptors (Lipinski definition) is 4. The number of hydrogen-bond donors (Lipinski definition) is 2. The van der Waals surface area contributed by atoms with Gasteiger partial charge in [0, 0.05) is 5.56 Å². The molecule has 0 aliphatic rings. The van der Waals surface area contributed by atoms with Crippen LogP contribution in [0.2, 0.25) is 0 Å². The number of phenolic OH excluding ortho intramolecular Hbond substituents is 1. The minimum atomic E-state index is -1.56. The van der Waals surface area contributed by atoms with Gasteiger partial charge in [0.05, 0.1) is 7.11 Å². The van der Waals surface area contributed by atoms with Crippen molar-refractivity contribution in [1.29, 1.82) is 0 Å². The second-order valence-electron chi connectivity index (χ2n) is 2.52. The molecule has 1 aromatic carbocycles. The van der Waals surface area contributed by atoms with E-state index in [9.17, 15) is 14.7 Å². The van der Waals surface area contributed by atoms with Crippen LogP contribution in [0.3, 0.4) is 0 Å². The van der Waals surface area contributed by atoms with E-state index in [1.807, 2.05) is 0 Å². The monoisotopic (exact) mass is 196 g/mol. The largest absolute Gasteiger partial charge is 0.504 e.